The molecule has 210 valence electrons. The normalized spacial score (nSPS) is 23.8. The summed E-state index contributed by atoms with van der Waals surface area (Å²) in [5.74, 6) is -0.313. The number of aliphatic hydroxyl groups excluding tert-OH is 1. The van der Waals surface area contributed by atoms with Crippen LogP contribution in [0.4, 0.5) is 23.2 Å². The van der Waals surface area contributed by atoms with Crippen molar-refractivity contribution < 1.29 is 37.1 Å². The van der Waals surface area contributed by atoms with Crippen molar-refractivity contribution in [1.29, 1.82) is 0 Å². The Balaban J connectivity index is 1.44. The minimum atomic E-state index is -4.53. The molecule has 0 radical (unpaired) electrons. The number of alkyl halides is 3. The van der Waals surface area contributed by atoms with Crippen molar-refractivity contribution in [3.8, 4) is 12.3 Å². The number of piperazine rings is 1. The molecule has 0 aromatic heterocycles. The van der Waals surface area contributed by atoms with Crippen molar-refractivity contribution in [2.75, 3.05) is 24.5 Å². The lowest BCUT2D eigenvalue weighted by atomic mass is 9.64. The quantitative estimate of drug-likeness (QED) is 0.462. The summed E-state index contributed by atoms with van der Waals surface area (Å²) in [6, 6.07) is 8.19. The lowest BCUT2D eigenvalue weighted by molar-refractivity contribution is -0.168. The van der Waals surface area contributed by atoms with Gasteiger partial charge in [0.15, 0.2) is 0 Å². The fraction of sp³-hybridized carbons (Fsp3) is 0.414. The van der Waals surface area contributed by atoms with Gasteiger partial charge in [-0.1, -0.05) is 18.1 Å². The van der Waals surface area contributed by atoms with Crippen molar-refractivity contribution in [3.05, 3.63) is 65.0 Å². The maximum atomic E-state index is 15.0. The summed E-state index contributed by atoms with van der Waals surface area (Å²) in [7, 11) is 0. The first kappa shape index (κ1) is 27.6. The van der Waals surface area contributed by atoms with Crippen molar-refractivity contribution in [2.24, 2.45) is 5.92 Å². The van der Waals surface area contributed by atoms with Gasteiger partial charge in [0, 0.05) is 31.1 Å². The molecular formula is C29H27F4N3O4. The second kappa shape index (κ2) is 10.2. The van der Waals surface area contributed by atoms with Gasteiger partial charge in [0.25, 0.3) is 5.91 Å². The predicted molar refractivity (Wildman–Crippen MR) is 136 cm³/mol. The molecule has 1 saturated carbocycles. The van der Waals surface area contributed by atoms with Gasteiger partial charge in [-0.2, -0.15) is 13.2 Å². The fourth-order valence-corrected chi connectivity index (χ4v) is 5.80. The summed E-state index contributed by atoms with van der Waals surface area (Å²) in [6.07, 6.45) is 1.22. The van der Waals surface area contributed by atoms with E-state index in [0.29, 0.717) is 31.5 Å². The van der Waals surface area contributed by atoms with Crippen LogP contribution in [0.3, 0.4) is 0 Å². The smallest absolute Gasteiger partial charge is 0.393 e. The van der Waals surface area contributed by atoms with Crippen molar-refractivity contribution >= 4 is 23.4 Å². The van der Waals surface area contributed by atoms with Crippen LogP contribution in [0.2, 0.25) is 0 Å². The Bertz CT molecular complexity index is 1370. The molecule has 7 nitrogen and oxygen atoms in total. The van der Waals surface area contributed by atoms with Gasteiger partial charge in [0.1, 0.15) is 17.9 Å². The van der Waals surface area contributed by atoms with Crippen LogP contribution in [0.1, 0.15) is 42.4 Å². The highest BCUT2D eigenvalue weighted by Gasteiger charge is 2.62. The highest BCUT2D eigenvalue weighted by atomic mass is 19.4. The van der Waals surface area contributed by atoms with E-state index in [9.17, 15) is 37.1 Å². The Kier molecular flexibility index (Phi) is 7.08. The molecule has 0 unspecified atom stereocenters. The molecule has 2 saturated heterocycles. The number of benzene rings is 2. The largest absolute Gasteiger partial charge is 0.416 e. The van der Waals surface area contributed by atoms with Crippen LogP contribution in [0.5, 0.6) is 0 Å². The van der Waals surface area contributed by atoms with Gasteiger partial charge >= 0.3 is 6.18 Å². The molecule has 1 aliphatic carbocycles. The molecular weight excluding hydrogens is 530 g/mol. The highest BCUT2D eigenvalue weighted by molar-refractivity contribution is 6.10. The van der Waals surface area contributed by atoms with E-state index in [1.54, 1.807) is 4.90 Å². The van der Waals surface area contributed by atoms with Crippen molar-refractivity contribution in [2.45, 2.75) is 50.0 Å². The molecule has 5 rings (SSSR count). The summed E-state index contributed by atoms with van der Waals surface area (Å²) in [5, 5.41) is 9.77. The van der Waals surface area contributed by atoms with Gasteiger partial charge < -0.3 is 14.9 Å². The number of nitrogens with zero attached hydrogens (tertiary/aromatic N) is 3. The van der Waals surface area contributed by atoms with Crippen LogP contribution >= 0.6 is 0 Å². The van der Waals surface area contributed by atoms with E-state index < -0.39 is 53.5 Å². The number of carbonyl (C=O) groups excluding carboxylic acids is 3. The van der Waals surface area contributed by atoms with E-state index >= 15 is 0 Å². The molecule has 3 amide bonds. The first-order valence-corrected chi connectivity index (χ1v) is 12.9. The minimum absolute atomic E-state index is 0.00332. The maximum Gasteiger partial charge on any atom is 0.416 e. The summed E-state index contributed by atoms with van der Waals surface area (Å²) in [5.41, 5.74) is -1.79. The van der Waals surface area contributed by atoms with Crippen molar-refractivity contribution in [1.82, 2.24) is 9.80 Å². The molecule has 3 aliphatic rings. The van der Waals surface area contributed by atoms with Crippen LogP contribution in [-0.4, -0.2) is 63.9 Å². The van der Waals surface area contributed by atoms with E-state index in [-0.39, 0.29) is 36.5 Å². The average molecular weight is 558 g/mol. The number of hydrogen-bond acceptors (Lipinski definition) is 4. The second-order valence-corrected chi connectivity index (χ2v) is 10.6. The Morgan fingerprint density at radius 1 is 1.07 bits per heavy atom. The van der Waals surface area contributed by atoms with Gasteiger partial charge in [-0.15, -0.1) is 6.42 Å². The van der Waals surface area contributed by atoms with E-state index in [4.69, 9.17) is 6.42 Å². The lowest BCUT2D eigenvalue weighted by Gasteiger charge is -2.57. The molecule has 0 atom stereocenters. The molecule has 0 bridgehead atoms. The average Bonchev–Trinajstić information content (AvgIpc) is 2.90. The first-order valence-electron chi connectivity index (χ1n) is 12.9. The molecule has 2 heterocycles. The highest BCUT2D eigenvalue weighted by Crippen LogP contribution is 2.48. The predicted octanol–water partition coefficient (Wildman–Crippen LogP) is 3.33. The lowest BCUT2D eigenvalue weighted by Crippen LogP contribution is -2.74. The number of halogens is 4. The van der Waals surface area contributed by atoms with E-state index in [1.165, 1.54) is 29.2 Å². The number of terminal acetylenes is 1. The molecule has 2 aliphatic heterocycles. The Morgan fingerprint density at radius 2 is 1.73 bits per heavy atom. The Morgan fingerprint density at radius 3 is 2.30 bits per heavy atom. The fourth-order valence-electron chi connectivity index (χ4n) is 5.80. The number of anilines is 1. The summed E-state index contributed by atoms with van der Waals surface area (Å²) in [4.78, 5) is 44.7. The molecule has 1 spiro atoms. The summed E-state index contributed by atoms with van der Waals surface area (Å²) in [6.45, 7) is 0.136. The number of amides is 3. The Hall–Kier alpha value is -3.91. The zero-order valence-electron chi connectivity index (χ0n) is 21.5. The molecule has 2 aromatic carbocycles. The molecule has 3 fully saturated rings. The van der Waals surface area contributed by atoms with Gasteiger partial charge in [0.05, 0.1) is 17.4 Å². The maximum absolute atomic E-state index is 15.0. The molecule has 40 heavy (non-hydrogen) atoms. The van der Waals surface area contributed by atoms with E-state index in [2.05, 4.69) is 5.92 Å². The zero-order chi connectivity index (χ0) is 28.8. The monoisotopic (exact) mass is 557 g/mol. The standard InChI is InChI=1S/C29H27F4N3O4/c1-2-18-5-8-24(23(30)13-18)35-17-25(38)36(16-19-3-6-21(7-4-19)29(31,32)33)28(27(35)40)14-20(15-28)26(39)34-11-9-22(37)10-12-34/h1,3-8,13,20,22,37H,9-12,14-17H2. The van der Waals surface area contributed by atoms with Crippen molar-refractivity contribution in [3.63, 3.8) is 0 Å². The van der Waals surface area contributed by atoms with Gasteiger partial charge in [-0.05, 0) is 61.6 Å². The van der Waals surface area contributed by atoms with Gasteiger partial charge in [0.2, 0.25) is 11.8 Å². The van der Waals surface area contributed by atoms with Gasteiger partial charge in [-0.3, -0.25) is 19.3 Å². The Labute approximate surface area is 228 Å². The topological polar surface area (TPSA) is 81.2 Å². The molecule has 1 N–H and O–H groups in total. The van der Waals surface area contributed by atoms with E-state index in [1.807, 2.05) is 0 Å². The number of rotatable bonds is 4. The van der Waals surface area contributed by atoms with Crippen LogP contribution in [0.25, 0.3) is 0 Å². The summed E-state index contributed by atoms with van der Waals surface area (Å²) < 4.78 is 54.1. The van der Waals surface area contributed by atoms with Crippen LogP contribution in [-0.2, 0) is 27.1 Å². The van der Waals surface area contributed by atoms with Crippen LogP contribution in [0.15, 0.2) is 42.5 Å². The third kappa shape index (κ3) is 4.92. The molecule has 2 aromatic rings. The summed E-state index contributed by atoms with van der Waals surface area (Å²) >= 11 is 0. The molecule has 11 heteroatoms. The minimum Gasteiger partial charge on any atom is -0.393 e. The third-order valence-corrected chi connectivity index (χ3v) is 8.08. The number of hydrogen-bond donors (Lipinski definition) is 1. The van der Waals surface area contributed by atoms with Crippen LogP contribution in [0, 0.1) is 24.1 Å². The first-order chi connectivity index (χ1) is 18.9. The number of piperidine rings is 1. The number of likely N-dealkylation sites (tertiary alicyclic amines) is 1. The van der Waals surface area contributed by atoms with E-state index in [0.717, 1.165) is 23.1 Å². The third-order valence-electron chi connectivity index (χ3n) is 8.08. The SMILES string of the molecule is C#Cc1ccc(N2CC(=O)N(Cc3ccc(C(F)(F)F)cc3)C3(CC(C(=O)N4CCC(O)CC4)C3)C2=O)c(F)c1. The second-order valence-electron chi connectivity index (χ2n) is 10.6. The zero-order valence-corrected chi connectivity index (χ0v) is 21.5. The number of carbonyl (C=O) groups is 3. The number of aliphatic hydroxyl groups is 1. The van der Waals surface area contributed by atoms with Gasteiger partial charge in [-0.25, -0.2) is 4.39 Å². The van der Waals surface area contributed by atoms with Crippen LogP contribution < -0.4 is 4.90 Å².